The summed E-state index contributed by atoms with van der Waals surface area (Å²) < 4.78 is 16.5. The first-order chi connectivity index (χ1) is 12.1. The molecule has 1 heterocycles. The second-order valence-corrected chi connectivity index (χ2v) is 6.34. The summed E-state index contributed by atoms with van der Waals surface area (Å²) >= 11 is 0. The van der Waals surface area contributed by atoms with E-state index in [1.807, 2.05) is 25.1 Å². The van der Waals surface area contributed by atoms with Gasteiger partial charge in [-0.05, 0) is 43.9 Å². The number of ether oxygens (including phenoxy) is 3. The number of hydrogen-bond acceptors (Lipinski definition) is 4. The Hall–Kier alpha value is -1.95. The Morgan fingerprint density at radius 1 is 1.20 bits per heavy atom. The summed E-state index contributed by atoms with van der Waals surface area (Å²) in [6, 6.07) is 5.94. The minimum Gasteiger partial charge on any atom is -0.454 e. The largest absolute Gasteiger partial charge is 0.454 e. The van der Waals surface area contributed by atoms with Crippen molar-refractivity contribution in [3.05, 3.63) is 23.8 Å². The highest BCUT2D eigenvalue weighted by Gasteiger charge is 2.14. The van der Waals surface area contributed by atoms with Crippen molar-refractivity contribution in [3.63, 3.8) is 0 Å². The van der Waals surface area contributed by atoms with E-state index >= 15 is 0 Å². The van der Waals surface area contributed by atoms with Crippen molar-refractivity contribution in [2.24, 2.45) is 10.9 Å². The Morgan fingerprint density at radius 2 is 2.00 bits per heavy atom. The predicted octanol–water partition coefficient (Wildman–Crippen LogP) is 2.92. The van der Waals surface area contributed by atoms with Crippen LogP contribution < -0.4 is 20.1 Å². The second kappa shape index (κ2) is 10.1. The average Bonchev–Trinajstić information content (AvgIpc) is 3.06. The molecule has 0 fully saturated rings. The van der Waals surface area contributed by atoms with Crippen LogP contribution in [0, 0.1) is 5.92 Å². The summed E-state index contributed by atoms with van der Waals surface area (Å²) in [5.74, 6) is 2.92. The molecule has 1 aliphatic heterocycles. The molecule has 1 aromatic carbocycles. The van der Waals surface area contributed by atoms with Gasteiger partial charge < -0.3 is 24.8 Å². The fraction of sp³-hybridized carbons (Fsp3) is 0.632. The highest BCUT2D eigenvalue weighted by atomic mass is 16.7. The molecule has 1 aromatic rings. The molecule has 140 valence electrons. The number of guanidine groups is 1. The third-order valence-corrected chi connectivity index (χ3v) is 4.05. The van der Waals surface area contributed by atoms with Crippen molar-refractivity contribution in [1.82, 2.24) is 10.6 Å². The van der Waals surface area contributed by atoms with Gasteiger partial charge in [0.1, 0.15) is 0 Å². The van der Waals surface area contributed by atoms with E-state index in [9.17, 15) is 0 Å². The van der Waals surface area contributed by atoms with E-state index in [0.29, 0.717) is 19.3 Å². The highest BCUT2D eigenvalue weighted by Crippen LogP contribution is 2.32. The van der Waals surface area contributed by atoms with Gasteiger partial charge in [0, 0.05) is 19.7 Å². The van der Waals surface area contributed by atoms with Gasteiger partial charge in [0.2, 0.25) is 6.79 Å². The number of aliphatic imine (C=N–C) groups is 1. The second-order valence-electron chi connectivity index (χ2n) is 6.34. The standard InChI is InChI=1S/C19H31N3O3/c1-5-20-19(21-10-9-16(14(3)4)23-6-2)22-12-15-7-8-17-18(11-15)25-13-24-17/h7-8,11,14,16H,5-6,9-10,12-13H2,1-4H3,(H2,20,21,22). The molecule has 0 aromatic heterocycles. The van der Waals surface area contributed by atoms with Crippen LogP contribution in [-0.4, -0.2) is 38.6 Å². The van der Waals surface area contributed by atoms with Gasteiger partial charge in [-0.2, -0.15) is 0 Å². The predicted molar refractivity (Wildman–Crippen MR) is 100 cm³/mol. The third kappa shape index (κ3) is 6.12. The number of benzene rings is 1. The zero-order valence-electron chi connectivity index (χ0n) is 15.8. The lowest BCUT2D eigenvalue weighted by Gasteiger charge is -2.21. The van der Waals surface area contributed by atoms with Crippen LogP contribution in [0.2, 0.25) is 0 Å². The van der Waals surface area contributed by atoms with Crippen LogP contribution in [0.25, 0.3) is 0 Å². The zero-order chi connectivity index (χ0) is 18.1. The van der Waals surface area contributed by atoms with Gasteiger partial charge in [-0.3, -0.25) is 0 Å². The van der Waals surface area contributed by atoms with Gasteiger partial charge in [0.05, 0.1) is 12.6 Å². The molecular weight excluding hydrogens is 318 g/mol. The SMILES string of the molecule is CCNC(=NCc1ccc2c(c1)OCO2)NCCC(OCC)C(C)C. The Balaban J connectivity index is 1.87. The van der Waals surface area contributed by atoms with E-state index in [4.69, 9.17) is 14.2 Å². The van der Waals surface area contributed by atoms with Crippen molar-refractivity contribution in [1.29, 1.82) is 0 Å². The number of nitrogens with one attached hydrogen (secondary N) is 2. The lowest BCUT2D eigenvalue weighted by Crippen LogP contribution is -2.39. The van der Waals surface area contributed by atoms with Gasteiger partial charge in [-0.25, -0.2) is 4.99 Å². The zero-order valence-corrected chi connectivity index (χ0v) is 15.8. The third-order valence-electron chi connectivity index (χ3n) is 4.05. The molecule has 0 bridgehead atoms. The van der Waals surface area contributed by atoms with Crippen molar-refractivity contribution < 1.29 is 14.2 Å². The molecule has 1 aliphatic rings. The van der Waals surface area contributed by atoms with Crippen LogP contribution in [-0.2, 0) is 11.3 Å². The van der Waals surface area contributed by atoms with Crippen LogP contribution >= 0.6 is 0 Å². The number of nitrogens with zero attached hydrogens (tertiary/aromatic N) is 1. The molecule has 2 rings (SSSR count). The molecule has 0 aliphatic carbocycles. The molecule has 0 spiro atoms. The fourth-order valence-corrected chi connectivity index (χ4v) is 2.71. The minimum atomic E-state index is 0.272. The summed E-state index contributed by atoms with van der Waals surface area (Å²) in [5, 5.41) is 6.67. The van der Waals surface area contributed by atoms with E-state index in [-0.39, 0.29) is 6.10 Å². The molecule has 6 heteroatoms. The van der Waals surface area contributed by atoms with E-state index in [0.717, 1.165) is 49.1 Å². The van der Waals surface area contributed by atoms with E-state index in [1.165, 1.54) is 0 Å². The molecule has 0 amide bonds. The lowest BCUT2D eigenvalue weighted by atomic mass is 10.0. The van der Waals surface area contributed by atoms with Gasteiger partial charge in [-0.15, -0.1) is 0 Å². The van der Waals surface area contributed by atoms with Crippen LogP contribution in [0.15, 0.2) is 23.2 Å². The number of rotatable bonds is 9. The topological polar surface area (TPSA) is 64.1 Å². The van der Waals surface area contributed by atoms with Gasteiger partial charge in [0.25, 0.3) is 0 Å². The van der Waals surface area contributed by atoms with E-state index < -0.39 is 0 Å². The molecule has 1 unspecified atom stereocenters. The molecule has 0 saturated carbocycles. The Kier molecular flexibility index (Phi) is 7.85. The summed E-state index contributed by atoms with van der Waals surface area (Å²) in [5.41, 5.74) is 1.09. The summed E-state index contributed by atoms with van der Waals surface area (Å²) in [6.45, 7) is 11.8. The number of fused-ring (bicyclic) bond motifs is 1. The maximum absolute atomic E-state index is 5.79. The summed E-state index contributed by atoms with van der Waals surface area (Å²) in [4.78, 5) is 4.65. The maximum Gasteiger partial charge on any atom is 0.231 e. The van der Waals surface area contributed by atoms with Crippen LogP contribution in [0.4, 0.5) is 0 Å². The lowest BCUT2D eigenvalue weighted by molar-refractivity contribution is 0.0258. The molecule has 0 saturated heterocycles. The molecule has 1 atom stereocenters. The summed E-state index contributed by atoms with van der Waals surface area (Å²) in [6.07, 6.45) is 1.23. The normalized spacial score (nSPS) is 14.7. The van der Waals surface area contributed by atoms with Crippen molar-refractivity contribution >= 4 is 5.96 Å². The first-order valence-corrected chi connectivity index (χ1v) is 9.16. The first kappa shape index (κ1) is 19.4. The smallest absolute Gasteiger partial charge is 0.231 e. The van der Waals surface area contributed by atoms with Gasteiger partial charge in [0.15, 0.2) is 17.5 Å². The van der Waals surface area contributed by atoms with Crippen molar-refractivity contribution in [2.75, 3.05) is 26.5 Å². The van der Waals surface area contributed by atoms with E-state index in [1.54, 1.807) is 0 Å². The number of hydrogen-bond donors (Lipinski definition) is 2. The van der Waals surface area contributed by atoms with Crippen molar-refractivity contribution in [2.45, 2.75) is 46.8 Å². The summed E-state index contributed by atoms with van der Waals surface area (Å²) in [7, 11) is 0. The van der Waals surface area contributed by atoms with Crippen LogP contribution in [0.1, 0.15) is 39.7 Å². The highest BCUT2D eigenvalue weighted by molar-refractivity contribution is 5.79. The molecule has 0 radical (unpaired) electrons. The van der Waals surface area contributed by atoms with Crippen molar-refractivity contribution in [3.8, 4) is 11.5 Å². The molecule has 6 nitrogen and oxygen atoms in total. The Labute approximate surface area is 151 Å². The van der Waals surface area contributed by atoms with E-state index in [2.05, 4.69) is 36.4 Å². The maximum atomic E-state index is 5.79. The Morgan fingerprint density at radius 3 is 2.72 bits per heavy atom. The Bertz CT molecular complexity index is 561. The molecule has 25 heavy (non-hydrogen) atoms. The fourth-order valence-electron chi connectivity index (χ4n) is 2.71. The van der Waals surface area contributed by atoms with Gasteiger partial charge >= 0.3 is 0 Å². The quantitative estimate of drug-likeness (QED) is 0.530. The first-order valence-electron chi connectivity index (χ1n) is 9.16. The molecule has 2 N–H and O–H groups in total. The monoisotopic (exact) mass is 349 g/mol. The minimum absolute atomic E-state index is 0.272. The average molecular weight is 349 g/mol. The van der Waals surface area contributed by atoms with Crippen LogP contribution in [0.3, 0.4) is 0 Å². The molecular formula is C19H31N3O3. The van der Waals surface area contributed by atoms with Gasteiger partial charge in [-0.1, -0.05) is 19.9 Å². The van der Waals surface area contributed by atoms with Crippen LogP contribution in [0.5, 0.6) is 11.5 Å².